The Kier molecular flexibility index (Phi) is 15.0. The van der Waals surface area contributed by atoms with E-state index in [9.17, 15) is 4.21 Å². The molecule has 0 saturated carbocycles. The number of rotatable bonds is 16. The van der Waals surface area contributed by atoms with E-state index in [2.05, 4.69) is 78.9 Å². The minimum atomic E-state index is -1.10. The van der Waals surface area contributed by atoms with Crippen molar-refractivity contribution >= 4 is 50.5 Å². The zero-order valence-corrected chi connectivity index (χ0v) is 23.3. The van der Waals surface area contributed by atoms with Crippen molar-refractivity contribution in [3.8, 4) is 0 Å². The molecule has 1 nitrogen and oxygen atoms in total. The van der Waals surface area contributed by atoms with E-state index in [-0.39, 0.29) is 0 Å². The summed E-state index contributed by atoms with van der Waals surface area (Å²) in [6.45, 7) is 19.2. The lowest BCUT2D eigenvalue weighted by molar-refractivity contribution is 0.685. The molecule has 0 saturated heterocycles. The minimum absolute atomic E-state index is 0.629. The molecular formula is C20H46OS3Si2. The minimum Gasteiger partial charge on any atom is -0.260 e. The lowest BCUT2D eigenvalue weighted by atomic mass is 10.9. The van der Waals surface area contributed by atoms with Crippen LogP contribution in [0.1, 0.15) is 55.4 Å². The monoisotopic (exact) mass is 454 g/mol. The molecule has 0 spiro atoms. The maximum Gasteiger partial charge on any atom is 0.0666 e. The highest BCUT2D eigenvalue weighted by Crippen LogP contribution is 2.33. The normalized spacial score (nSPS) is 16.5. The van der Waals surface area contributed by atoms with E-state index < -0.39 is 26.9 Å². The summed E-state index contributed by atoms with van der Waals surface area (Å²) in [7, 11) is -2.83. The van der Waals surface area contributed by atoms with Gasteiger partial charge in [0, 0.05) is 33.8 Å². The van der Waals surface area contributed by atoms with Crippen molar-refractivity contribution < 1.29 is 4.21 Å². The van der Waals surface area contributed by atoms with E-state index in [0.29, 0.717) is 0 Å². The first kappa shape index (κ1) is 27.3. The molecule has 0 aromatic rings. The van der Waals surface area contributed by atoms with Crippen LogP contribution >= 0.6 is 23.5 Å². The number of hydrogen-bond acceptors (Lipinski definition) is 3. The topological polar surface area (TPSA) is 17.1 Å². The predicted molar refractivity (Wildman–Crippen MR) is 136 cm³/mol. The second kappa shape index (κ2) is 14.3. The van der Waals surface area contributed by atoms with Crippen LogP contribution in [0.5, 0.6) is 0 Å². The van der Waals surface area contributed by atoms with Gasteiger partial charge in [0.1, 0.15) is 0 Å². The maximum absolute atomic E-state index is 12.4. The van der Waals surface area contributed by atoms with Gasteiger partial charge in [0.05, 0.1) is 16.1 Å². The van der Waals surface area contributed by atoms with Crippen molar-refractivity contribution in [2.45, 2.75) is 101 Å². The van der Waals surface area contributed by atoms with Crippen molar-refractivity contribution in [2.24, 2.45) is 0 Å². The molecule has 0 heterocycles. The van der Waals surface area contributed by atoms with Gasteiger partial charge in [-0.2, -0.15) is 23.5 Å². The molecule has 2 atom stereocenters. The molecule has 0 fully saturated rings. The van der Waals surface area contributed by atoms with E-state index in [0.717, 1.165) is 32.8 Å². The summed E-state index contributed by atoms with van der Waals surface area (Å²) in [5.41, 5.74) is 0. The molecule has 158 valence electrons. The summed E-state index contributed by atoms with van der Waals surface area (Å²) in [4.78, 5) is 1.61. The Balaban J connectivity index is 4.22. The van der Waals surface area contributed by atoms with Crippen LogP contribution in [-0.2, 0) is 10.8 Å². The highest BCUT2D eigenvalue weighted by molar-refractivity contribution is 8.03. The Morgan fingerprint density at radius 3 is 1.15 bits per heavy atom. The van der Waals surface area contributed by atoms with Gasteiger partial charge in [0.15, 0.2) is 0 Å². The fraction of sp³-hybridized carbons (Fsp3) is 1.00. The molecule has 26 heavy (non-hydrogen) atoms. The average Bonchev–Trinajstić information content (AvgIpc) is 2.65. The van der Waals surface area contributed by atoms with Crippen LogP contribution in [0.25, 0.3) is 0 Å². The molecule has 2 unspecified atom stereocenters. The third kappa shape index (κ3) is 7.96. The molecule has 0 aliphatic heterocycles. The van der Waals surface area contributed by atoms with Crippen LogP contribution in [0.3, 0.4) is 0 Å². The summed E-state index contributed by atoms with van der Waals surface area (Å²) in [6, 6.07) is 8.36. The van der Waals surface area contributed by atoms with E-state index in [1.165, 1.54) is 36.3 Å². The van der Waals surface area contributed by atoms with Crippen LogP contribution in [0.2, 0.25) is 36.3 Å². The lowest BCUT2D eigenvalue weighted by Gasteiger charge is -2.34. The molecule has 0 bridgehead atoms. The molecule has 0 amide bonds. The van der Waals surface area contributed by atoms with E-state index >= 15 is 0 Å². The first-order valence-corrected chi connectivity index (χ1v) is 19.9. The van der Waals surface area contributed by atoms with Gasteiger partial charge in [-0.1, -0.05) is 91.7 Å². The Labute approximate surface area is 178 Å². The summed E-state index contributed by atoms with van der Waals surface area (Å²) >= 11 is 4.22. The molecule has 0 aliphatic carbocycles. The molecule has 6 heteroatoms. The average molecular weight is 455 g/mol. The molecule has 0 rings (SSSR count). The van der Waals surface area contributed by atoms with Crippen LogP contribution in [-0.4, -0.2) is 53.1 Å². The van der Waals surface area contributed by atoms with Gasteiger partial charge in [-0.3, -0.25) is 4.21 Å². The van der Waals surface area contributed by atoms with Crippen molar-refractivity contribution in [2.75, 3.05) is 23.0 Å². The van der Waals surface area contributed by atoms with Gasteiger partial charge in [-0.25, -0.2) is 0 Å². The van der Waals surface area contributed by atoms with Crippen LogP contribution in [0, 0.1) is 0 Å². The molecule has 0 radical (unpaired) electrons. The van der Waals surface area contributed by atoms with E-state index in [1.807, 2.05) is 0 Å². The van der Waals surface area contributed by atoms with Gasteiger partial charge < -0.3 is 0 Å². The maximum atomic E-state index is 12.4. The van der Waals surface area contributed by atoms with Crippen molar-refractivity contribution in [3.63, 3.8) is 0 Å². The lowest BCUT2D eigenvalue weighted by Crippen LogP contribution is -2.42. The Morgan fingerprint density at radius 2 is 0.923 bits per heavy atom. The highest BCUT2D eigenvalue weighted by Gasteiger charge is 2.34. The Hall–Kier alpha value is 1.28. The van der Waals surface area contributed by atoms with Gasteiger partial charge in [0.2, 0.25) is 0 Å². The van der Waals surface area contributed by atoms with Crippen molar-refractivity contribution in [3.05, 3.63) is 0 Å². The predicted octanol–water partition coefficient (Wildman–Crippen LogP) is 7.07. The molecular weight excluding hydrogens is 409 g/mol. The van der Waals surface area contributed by atoms with Gasteiger partial charge in [0.25, 0.3) is 0 Å². The standard InChI is InChI=1S/C20H46OS3Si2/c1-9-25(10-2,11-3)19(7)22-15-17-24(21)18-16-23-20(8)26(12-4,13-5)14-6/h19-20H,9-18H2,1-8H3. The summed E-state index contributed by atoms with van der Waals surface area (Å²) in [5.74, 6) is 3.95. The number of thioether (sulfide) groups is 2. The van der Waals surface area contributed by atoms with Crippen LogP contribution in [0.4, 0.5) is 0 Å². The zero-order chi connectivity index (χ0) is 20.2. The fourth-order valence-corrected chi connectivity index (χ4v) is 20.5. The first-order chi connectivity index (χ1) is 12.3. The van der Waals surface area contributed by atoms with Crippen molar-refractivity contribution in [1.82, 2.24) is 0 Å². The first-order valence-electron chi connectivity index (χ1n) is 10.9. The second-order valence-electron chi connectivity index (χ2n) is 7.72. The van der Waals surface area contributed by atoms with Crippen molar-refractivity contribution in [1.29, 1.82) is 0 Å². The molecule has 0 N–H and O–H groups in total. The van der Waals surface area contributed by atoms with E-state index in [4.69, 9.17) is 0 Å². The number of hydrogen-bond donors (Lipinski definition) is 0. The summed E-state index contributed by atoms with van der Waals surface area (Å²) in [6.07, 6.45) is 0. The van der Waals surface area contributed by atoms with Gasteiger partial charge in [-0.05, 0) is 9.75 Å². The third-order valence-electron chi connectivity index (χ3n) is 7.31. The summed E-state index contributed by atoms with van der Waals surface area (Å²) in [5, 5.41) is 0. The molecule has 0 aromatic heterocycles. The third-order valence-corrected chi connectivity index (χ3v) is 26.9. The summed E-state index contributed by atoms with van der Waals surface area (Å²) < 4.78 is 12.4. The van der Waals surface area contributed by atoms with Gasteiger partial charge >= 0.3 is 0 Å². The van der Waals surface area contributed by atoms with Gasteiger partial charge in [-0.15, -0.1) is 0 Å². The highest BCUT2D eigenvalue weighted by atomic mass is 32.2. The van der Waals surface area contributed by atoms with Crippen LogP contribution in [0.15, 0.2) is 0 Å². The quantitative estimate of drug-likeness (QED) is 0.232. The molecule has 0 aromatic carbocycles. The fourth-order valence-electron chi connectivity index (χ4n) is 4.32. The largest absolute Gasteiger partial charge is 0.260 e. The SMILES string of the molecule is CC[Si](CC)(CC)C(C)SCCS(=O)CCSC(C)[Si](CC)(CC)CC. The van der Waals surface area contributed by atoms with E-state index in [1.54, 1.807) is 0 Å². The Morgan fingerprint density at radius 1 is 0.654 bits per heavy atom. The second-order valence-corrected chi connectivity index (χ2v) is 24.6. The Bertz CT molecular complexity index is 335. The molecule has 0 aliphatic rings. The van der Waals surface area contributed by atoms with Crippen LogP contribution < -0.4 is 0 Å². The zero-order valence-electron chi connectivity index (χ0n) is 18.9. The smallest absolute Gasteiger partial charge is 0.0666 e.